The van der Waals surface area contributed by atoms with E-state index < -0.39 is 0 Å². The van der Waals surface area contributed by atoms with Crippen molar-refractivity contribution in [2.45, 2.75) is 13.3 Å². The van der Waals surface area contributed by atoms with Crippen LogP contribution in [0.1, 0.15) is 18.1 Å². The predicted molar refractivity (Wildman–Crippen MR) is 46.2 cm³/mol. The Bertz CT molecular complexity index is 290. The number of hydrogen-bond acceptors (Lipinski definition) is 3. The van der Waals surface area contributed by atoms with Gasteiger partial charge in [0.15, 0.2) is 5.82 Å². The van der Waals surface area contributed by atoms with Crippen LogP contribution in [0.2, 0.25) is 0 Å². The van der Waals surface area contributed by atoms with E-state index in [0.717, 1.165) is 18.1 Å². The summed E-state index contributed by atoms with van der Waals surface area (Å²) in [7, 11) is 0. The van der Waals surface area contributed by atoms with E-state index in [-0.39, 0.29) is 0 Å². The van der Waals surface area contributed by atoms with Gasteiger partial charge in [0, 0.05) is 11.3 Å². The quantitative estimate of drug-likeness (QED) is 0.690. The number of aromatic nitrogens is 3. The van der Waals surface area contributed by atoms with Crippen molar-refractivity contribution in [3.63, 3.8) is 0 Å². The van der Waals surface area contributed by atoms with Gasteiger partial charge in [0.1, 0.15) is 5.82 Å². The molecule has 2 heterocycles. The smallest absolute Gasteiger partial charge is 0.177 e. The Kier molecular flexibility index (Phi) is 1.69. The Morgan fingerprint density at radius 3 is 3.09 bits per heavy atom. The molecule has 3 nitrogen and oxygen atoms in total. The van der Waals surface area contributed by atoms with Gasteiger partial charge in [-0.2, -0.15) is 5.10 Å². The number of H-pyrrole nitrogens is 1. The number of nitrogens with zero attached hydrogens (tertiary/aromatic N) is 2. The minimum Gasteiger partial charge on any atom is -0.263 e. The summed E-state index contributed by atoms with van der Waals surface area (Å²) in [5, 5.41) is 9.06. The molecule has 0 aliphatic carbocycles. The van der Waals surface area contributed by atoms with E-state index in [1.165, 1.54) is 11.3 Å². The molecule has 1 aromatic rings. The van der Waals surface area contributed by atoms with E-state index in [0.29, 0.717) is 0 Å². The number of rotatable bonds is 1. The molecule has 58 valence electrons. The molecule has 0 amide bonds. The molecular weight excluding hydrogens is 158 g/mol. The number of aromatic amines is 1. The highest BCUT2D eigenvalue weighted by molar-refractivity contribution is 8.02. The van der Waals surface area contributed by atoms with Gasteiger partial charge in [-0.3, -0.25) is 5.10 Å². The molecule has 1 aliphatic rings. The number of allylic oxidation sites excluding steroid dienone is 1. The largest absolute Gasteiger partial charge is 0.263 e. The van der Waals surface area contributed by atoms with E-state index in [9.17, 15) is 0 Å². The van der Waals surface area contributed by atoms with Crippen molar-refractivity contribution in [3.05, 3.63) is 17.1 Å². The molecule has 0 radical (unpaired) electrons. The molecule has 0 fully saturated rings. The normalized spacial score (nSPS) is 17.0. The average molecular weight is 167 g/mol. The number of nitrogens with one attached hydrogen (secondary N) is 1. The molecule has 0 bridgehead atoms. The monoisotopic (exact) mass is 167 g/mol. The summed E-state index contributed by atoms with van der Waals surface area (Å²) >= 11 is 1.83. The molecule has 11 heavy (non-hydrogen) atoms. The van der Waals surface area contributed by atoms with Crippen LogP contribution < -0.4 is 0 Å². The summed E-state index contributed by atoms with van der Waals surface area (Å²) < 4.78 is 0. The van der Waals surface area contributed by atoms with Gasteiger partial charge < -0.3 is 0 Å². The van der Waals surface area contributed by atoms with Crippen LogP contribution in [0.25, 0.3) is 5.57 Å². The lowest BCUT2D eigenvalue weighted by Crippen LogP contribution is -1.84. The van der Waals surface area contributed by atoms with Crippen molar-refractivity contribution >= 4 is 17.3 Å². The molecule has 1 aromatic heterocycles. The lowest BCUT2D eigenvalue weighted by molar-refractivity contribution is 1.03. The fourth-order valence-electron chi connectivity index (χ4n) is 1.04. The number of thioether (sulfide) groups is 1. The lowest BCUT2D eigenvalue weighted by atomic mass is 10.2. The van der Waals surface area contributed by atoms with Gasteiger partial charge in [-0.1, -0.05) is 0 Å². The highest BCUT2D eigenvalue weighted by Gasteiger charge is 2.10. The van der Waals surface area contributed by atoms with E-state index in [4.69, 9.17) is 0 Å². The molecule has 2 rings (SSSR count). The molecule has 0 unspecified atom stereocenters. The third kappa shape index (κ3) is 1.30. The Labute approximate surface area is 69.3 Å². The predicted octanol–water partition coefficient (Wildman–Crippen LogP) is 1.59. The van der Waals surface area contributed by atoms with Crippen LogP contribution in [0, 0.1) is 6.92 Å². The van der Waals surface area contributed by atoms with Crippen molar-refractivity contribution < 1.29 is 0 Å². The van der Waals surface area contributed by atoms with E-state index >= 15 is 0 Å². The third-order valence-corrected chi connectivity index (χ3v) is 2.49. The molecule has 1 aliphatic heterocycles. The maximum atomic E-state index is 4.24. The van der Waals surface area contributed by atoms with Crippen LogP contribution in [-0.2, 0) is 0 Å². The minimum atomic E-state index is 0.868. The molecule has 1 N–H and O–H groups in total. The summed E-state index contributed by atoms with van der Waals surface area (Å²) in [6, 6.07) is 0. The van der Waals surface area contributed by atoms with Crippen molar-refractivity contribution in [2.75, 3.05) is 5.75 Å². The van der Waals surface area contributed by atoms with Crippen LogP contribution in [0.4, 0.5) is 0 Å². The number of hydrogen-bond donors (Lipinski definition) is 1. The Morgan fingerprint density at radius 1 is 1.64 bits per heavy atom. The molecule has 0 spiro atoms. The topological polar surface area (TPSA) is 41.6 Å². The van der Waals surface area contributed by atoms with Gasteiger partial charge in [-0.05, 0) is 18.8 Å². The highest BCUT2D eigenvalue weighted by atomic mass is 32.2. The molecule has 0 saturated heterocycles. The molecular formula is C7H9N3S. The van der Waals surface area contributed by atoms with Crippen molar-refractivity contribution in [1.29, 1.82) is 0 Å². The van der Waals surface area contributed by atoms with Crippen molar-refractivity contribution in [3.8, 4) is 0 Å². The average Bonchev–Trinajstić information content (AvgIpc) is 2.55. The highest BCUT2D eigenvalue weighted by Crippen LogP contribution is 2.27. The van der Waals surface area contributed by atoms with Gasteiger partial charge in [0.25, 0.3) is 0 Å². The third-order valence-electron chi connectivity index (χ3n) is 1.60. The summed E-state index contributed by atoms with van der Waals surface area (Å²) in [5.74, 6) is 2.92. The van der Waals surface area contributed by atoms with Crippen LogP contribution in [-0.4, -0.2) is 20.9 Å². The second kappa shape index (κ2) is 2.70. The zero-order valence-corrected chi connectivity index (χ0v) is 7.11. The fraction of sp³-hybridized carbons (Fsp3) is 0.429. The zero-order valence-electron chi connectivity index (χ0n) is 6.29. The molecule has 0 saturated carbocycles. The Morgan fingerprint density at radius 2 is 2.55 bits per heavy atom. The standard InChI is InChI=1S/C7H9N3S/c1-5-8-7(10-9-5)6-2-3-11-4-6/h4H,2-3H2,1H3,(H,8,9,10). The zero-order chi connectivity index (χ0) is 7.68. The van der Waals surface area contributed by atoms with Gasteiger partial charge in [-0.25, -0.2) is 4.98 Å². The molecule has 4 heteroatoms. The number of aryl methyl sites for hydroxylation is 1. The van der Waals surface area contributed by atoms with E-state index in [1.807, 2.05) is 18.7 Å². The first-order chi connectivity index (χ1) is 5.36. The first kappa shape index (κ1) is 6.91. The van der Waals surface area contributed by atoms with Crippen LogP contribution in [0.15, 0.2) is 5.41 Å². The van der Waals surface area contributed by atoms with Crippen LogP contribution >= 0.6 is 11.8 Å². The maximum absolute atomic E-state index is 4.24. The summed E-state index contributed by atoms with van der Waals surface area (Å²) in [4.78, 5) is 4.24. The second-order valence-corrected chi connectivity index (χ2v) is 3.49. The van der Waals surface area contributed by atoms with Crippen LogP contribution in [0.3, 0.4) is 0 Å². The molecule has 0 atom stereocenters. The second-order valence-electron chi connectivity index (χ2n) is 2.51. The fourth-order valence-corrected chi connectivity index (χ4v) is 1.92. The first-order valence-electron chi connectivity index (χ1n) is 3.56. The molecule has 0 aromatic carbocycles. The van der Waals surface area contributed by atoms with Gasteiger partial charge in [-0.15, -0.1) is 11.8 Å². The van der Waals surface area contributed by atoms with Crippen molar-refractivity contribution in [1.82, 2.24) is 15.2 Å². The van der Waals surface area contributed by atoms with Crippen molar-refractivity contribution in [2.24, 2.45) is 0 Å². The lowest BCUT2D eigenvalue weighted by Gasteiger charge is -1.89. The van der Waals surface area contributed by atoms with Gasteiger partial charge in [0.05, 0.1) is 0 Å². The van der Waals surface area contributed by atoms with E-state index in [1.54, 1.807) is 0 Å². The maximum Gasteiger partial charge on any atom is 0.177 e. The van der Waals surface area contributed by atoms with Crippen LogP contribution in [0.5, 0.6) is 0 Å². The summed E-state index contributed by atoms with van der Waals surface area (Å²) in [5.41, 5.74) is 1.26. The Hall–Kier alpha value is -0.770. The Balaban J connectivity index is 2.28. The summed E-state index contributed by atoms with van der Waals surface area (Å²) in [6.07, 6.45) is 1.10. The SMILES string of the molecule is Cc1nc(C2=CSCC2)n[nH]1. The van der Waals surface area contributed by atoms with Gasteiger partial charge in [0.2, 0.25) is 0 Å². The van der Waals surface area contributed by atoms with E-state index in [2.05, 4.69) is 20.6 Å². The first-order valence-corrected chi connectivity index (χ1v) is 4.61. The minimum absolute atomic E-state index is 0.868. The van der Waals surface area contributed by atoms with Gasteiger partial charge >= 0.3 is 0 Å². The summed E-state index contributed by atoms with van der Waals surface area (Å²) in [6.45, 7) is 1.92.